The van der Waals surface area contributed by atoms with Crippen LogP contribution in [0.15, 0.2) is 72.8 Å². The Balaban J connectivity index is 2.08. The number of hydrogen-bond donors (Lipinski definition) is 1. The minimum Gasteiger partial charge on any atom is -0.460 e. The fourth-order valence-corrected chi connectivity index (χ4v) is 3.24. The minimum absolute atomic E-state index is 0.138. The second-order valence-electron chi connectivity index (χ2n) is 8.21. The van der Waals surface area contributed by atoms with Gasteiger partial charge in [-0.15, -0.1) is 0 Å². The van der Waals surface area contributed by atoms with E-state index >= 15 is 0 Å². The summed E-state index contributed by atoms with van der Waals surface area (Å²) in [6, 6.07) is 18.1. The molecule has 1 unspecified atom stereocenters. The Kier molecular flexibility index (Phi) is 9.67. The highest BCUT2D eigenvalue weighted by molar-refractivity contribution is 5.96. The molecule has 2 amide bonds. The maximum Gasteiger partial charge on any atom is 0.325 e. The van der Waals surface area contributed by atoms with E-state index in [0.717, 1.165) is 11.1 Å². The Morgan fingerprint density at radius 3 is 2.06 bits per heavy atom. The number of carbonyl (C=O) groups is 3. The van der Waals surface area contributed by atoms with Gasteiger partial charge in [-0.05, 0) is 30.4 Å². The van der Waals surface area contributed by atoms with Crippen LogP contribution in [0.5, 0.6) is 0 Å². The van der Waals surface area contributed by atoms with Crippen LogP contribution in [0.1, 0.15) is 38.3 Å². The van der Waals surface area contributed by atoms with Gasteiger partial charge in [0.1, 0.15) is 19.2 Å². The van der Waals surface area contributed by atoms with Crippen molar-refractivity contribution in [3.8, 4) is 0 Å². The predicted molar refractivity (Wildman–Crippen MR) is 124 cm³/mol. The maximum atomic E-state index is 13.1. The molecule has 6 heteroatoms. The first-order valence-electron chi connectivity index (χ1n) is 10.8. The lowest BCUT2D eigenvalue weighted by molar-refractivity contribution is -0.146. The number of ether oxygens (including phenoxy) is 1. The van der Waals surface area contributed by atoms with Gasteiger partial charge in [-0.25, -0.2) is 0 Å². The average Bonchev–Trinajstić information content (AvgIpc) is 2.79. The SMILES string of the molecule is C=C(C)C(=O)N(Cc1ccccc1)C(CC(C)C)C(=O)NCC(=O)OCc1ccccc1. The van der Waals surface area contributed by atoms with E-state index in [1.54, 1.807) is 6.92 Å². The van der Waals surface area contributed by atoms with Crippen LogP contribution < -0.4 is 5.32 Å². The molecule has 0 aliphatic rings. The third kappa shape index (κ3) is 8.02. The smallest absolute Gasteiger partial charge is 0.325 e. The van der Waals surface area contributed by atoms with Crippen molar-refractivity contribution in [2.75, 3.05) is 6.54 Å². The molecule has 2 aromatic rings. The van der Waals surface area contributed by atoms with E-state index < -0.39 is 12.0 Å². The Morgan fingerprint density at radius 1 is 0.969 bits per heavy atom. The van der Waals surface area contributed by atoms with Crippen LogP contribution in [0.3, 0.4) is 0 Å². The van der Waals surface area contributed by atoms with Gasteiger partial charge in [0.15, 0.2) is 0 Å². The first-order valence-corrected chi connectivity index (χ1v) is 10.8. The van der Waals surface area contributed by atoms with E-state index in [1.165, 1.54) is 4.90 Å². The van der Waals surface area contributed by atoms with Gasteiger partial charge in [-0.2, -0.15) is 0 Å². The molecular formula is C26H32N2O4. The molecule has 0 aliphatic carbocycles. The number of nitrogens with one attached hydrogen (secondary N) is 1. The molecule has 32 heavy (non-hydrogen) atoms. The topological polar surface area (TPSA) is 75.7 Å². The van der Waals surface area contributed by atoms with E-state index in [9.17, 15) is 14.4 Å². The molecule has 0 saturated carbocycles. The molecule has 1 N–H and O–H groups in total. The van der Waals surface area contributed by atoms with Gasteiger partial charge in [0.25, 0.3) is 0 Å². The number of rotatable bonds is 11. The highest BCUT2D eigenvalue weighted by Crippen LogP contribution is 2.18. The van der Waals surface area contributed by atoms with Crippen LogP contribution in [0.4, 0.5) is 0 Å². The monoisotopic (exact) mass is 436 g/mol. The molecule has 6 nitrogen and oxygen atoms in total. The van der Waals surface area contributed by atoms with Crippen molar-refractivity contribution < 1.29 is 19.1 Å². The van der Waals surface area contributed by atoms with Crippen LogP contribution in [0.25, 0.3) is 0 Å². The summed E-state index contributed by atoms with van der Waals surface area (Å²) in [6.45, 7) is 9.52. The van der Waals surface area contributed by atoms with Gasteiger partial charge in [0.05, 0.1) is 0 Å². The molecule has 0 aromatic heterocycles. The molecule has 0 fully saturated rings. The molecule has 0 radical (unpaired) electrons. The van der Waals surface area contributed by atoms with Crippen LogP contribution in [0, 0.1) is 5.92 Å². The van der Waals surface area contributed by atoms with Crippen molar-refractivity contribution in [1.29, 1.82) is 0 Å². The highest BCUT2D eigenvalue weighted by Gasteiger charge is 2.31. The summed E-state index contributed by atoms with van der Waals surface area (Å²) in [5.41, 5.74) is 2.13. The normalized spacial score (nSPS) is 11.5. The van der Waals surface area contributed by atoms with Gasteiger partial charge in [-0.3, -0.25) is 14.4 Å². The Morgan fingerprint density at radius 2 is 1.53 bits per heavy atom. The summed E-state index contributed by atoms with van der Waals surface area (Å²) in [6.07, 6.45) is 0.455. The molecule has 1 atom stereocenters. The fraction of sp³-hybridized carbons (Fsp3) is 0.346. The predicted octanol–water partition coefficient (Wildman–Crippen LogP) is 3.87. The molecular weight excluding hydrogens is 404 g/mol. The van der Waals surface area contributed by atoms with Gasteiger partial charge < -0.3 is 15.0 Å². The summed E-state index contributed by atoms with van der Waals surface area (Å²) in [4.78, 5) is 39.7. The van der Waals surface area contributed by atoms with E-state index in [0.29, 0.717) is 12.0 Å². The quantitative estimate of drug-likeness (QED) is 0.429. The first kappa shape index (κ1) is 24.9. The third-order valence-electron chi connectivity index (χ3n) is 4.84. The zero-order chi connectivity index (χ0) is 23.5. The zero-order valence-electron chi connectivity index (χ0n) is 19.0. The molecule has 2 rings (SSSR count). The van der Waals surface area contributed by atoms with Gasteiger partial charge in [0.2, 0.25) is 11.8 Å². The molecule has 0 spiro atoms. The molecule has 0 saturated heterocycles. The number of carbonyl (C=O) groups excluding carboxylic acids is 3. The van der Waals surface area contributed by atoms with Crippen molar-refractivity contribution >= 4 is 17.8 Å². The fourth-order valence-electron chi connectivity index (χ4n) is 3.24. The summed E-state index contributed by atoms with van der Waals surface area (Å²) in [5.74, 6) is -1.06. The third-order valence-corrected chi connectivity index (χ3v) is 4.84. The Bertz CT molecular complexity index is 910. The standard InChI is InChI=1S/C26H32N2O4/c1-19(2)15-23(28(26(31)20(3)4)17-21-11-7-5-8-12-21)25(30)27-16-24(29)32-18-22-13-9-6-10-14-22/h5-14,19,23H,3,15-18H2,1-2,4H3,(H,27,30). The summed E-state index contributed by atoms with van der Waals surface area (Å²) >= 11 is 0. The largest absolute Gasteiger partial charge is 0.460 e. The van der Waals surface area contributed by atoms with E-state index in [4.69, 9.17) is 4.74 Å². The molecule has 2 aromatic carbocycles. The second kappa shape index (κ2) is 12.4. The minimum atomic E-state index is -0.735. The Labute approximate surface area is 190 Å². The van der Waals surface area contributed by atoms with Crippen LogP contribution >= 0.6 is 0 Å². The molecule has 170 valence electrons. The first-order chi connectivity index (χ1) is 15.3. The average molecular weight is 437 g/mol. The number of hydrogen-bond acceptors (Lipinski definition) is 4. The number of amides is 2. The van der Waals surface area contributed by atoms with Crippen molar-refractivity contribution in [2.24, 2.45) is 5.92 Å². The lowest BCUT2D eigenvalue weighted by atomic mass is 10.00. The Hall–Kier alpha value is -3.41. The summed E-state index contributed by atoms with van der Waals surface area (Å²) in [5, 5.41) is 2.65. The van der Waals surface area contributed by atoms with Gasteiger partial charge >= 0.3 is 5.97 Å². The molecule has 0 heterocycles. The van der Waals surface area contributed by atoms with E-state index in [-0.39, 0.29) is 37.4 Å². The van der Waals surface area contributed by atoms with Crippen molar-refractivity contribution in [2.45, 2.75) is 46.4 Å². The summed E-state index contributed by atoms with van der Waals surface area (Å²) < 4.78 is 5.23. The van der Waals surface area contributed by atoms with E-state index in [1.807, 2.05) is 74.5 Å². The van der Waals surface area contributed by atoms with Gasteiger partial charge in [-0.1, -0.05) is 81.1 Å². The van der Waals surface area contributed by atoms with Gasteiger partial charge in [0, 0.05) is 12.1 Å². The van der Waals surface area contributed by atoms with E-state index in [2.05, 4.69) is 11.9 Å². The number of esters is 1. The van der Waals surface area contributed by atoms with Crippen molar-refractivity contribution in [1.82, 2.24) is 10.2 Å². The lowest BCUT2D eigenvalue weighted by Gasteiger charge is -2.32. The highest BCUT2D eigenvalue weighted by atomic mass is 16.5. The van der Waals surface area contributed by atoms with Crippen molar-refractivity contribution in [3.63, 3.8) is 0 Å². The second-order valence-corrected chi connectivity index (χ2v) is 8.21. The van der Waals surface area contributed by atoms with Crippen molar-refractivity contribution in [3.05, 3.63) is 83.9 Å². The van der Waals surface area contributed by atoms with Crippen LogP contribution in [-0.4, -0.2) is 35.3 Å². The maximum absolute atomic E-state index is 13.1. The zero-order valence-corrected chi connectivity index (χ0v) is 19.0. The number of benzene rings is 2. The van der Waals surface area contributed by atoms with Crippen LogP contribution in [0.2, 0.25) is 0 Å². The lowest BCUT2D eigenvalue weighted by Crippen LogP contribution is -2.51. The van der Waals surface area contributed by atoms with Crippen LogP contribution in [-0.2, 0) is 32.3 Å². The molecule has 0 bridgehead atoms. The molecule has 0 aliphatic heterocycles. The number of nitrogens with zero attached hydrogens (tertiary/aromatic N) is 1. The summed E-state index contributed by atoms with van der Waals surface area (Å²) in [7, 11) is 0.